The summed E-state index contributed by atoms with van der Waals surface area (Å²) in [4.78, 5) is 0. The van der Waals surface area contributed by atoms with Gasteiger partial charge in [0.2, 0.25) is 0 Å². The van der Waals surface area contributed by atoms with Gasteiger partial charge in [0.05, 0.1) is 0 Å². The van der Waals surface area contributed by atoms with E-state index in [0.717, 1.165) is 16.2 Å². The first-order chi connectivity index (χ1) is 6.86. The summed E-state index contributed by atoms with van der Waals surface area (Å²) in [7, 11) is 0. The third-order valence-electron chi connectivity index (χ3n) is 2.63. The fourth-order valence-corrected chi connectivity index (χ4v) is 4.88. The topological polar surface area (TPSA) is 38.7 Å². The van der Waals surface area contributed by atoms with Crippen LogP contribution in [-0.4, -0.2) is 29.9 Å². The Hall–Kier alpha value is -0.441. The second-order valence-electron chi connectivity index (χ2n) is 3.47. The first-order valence-corrected chi connectivity index (χ1v) is 6.74. The van der Waals surface area contributed by atoms with E-state index >= 15 is 0 Å². The van der Waals surface area contributed by atoms with Crippen LogP contribution in [0.15, 0.2) is 0 Å². The van der Waals surface area contributed by atoms with Crippen molar-refractivity contribution >= 4 is 35.9 Å². The maximum absolute atomic E-state index is 6.05. The van der Waals surface area contributed by atoms with E-state index in [4.69, 9.17) is 11.6 Å². The van der Waals surface area contributed by atoms with E-state index in [0.29, 0.717) is 19.7 Å². The molecule has 0 saturated carbocycles. The first-order valence-electron chi connectivity index (χ1n) is 4.65. The molecule has 2 heterocycles. The third-order valence-corrected chi connectivity index (χ3v) is 5.36. The van der Waals surface area contributed by atoms with Gasteiger partial charge in [-0.1, -0.05) is 0 Å². The fraction of sp³-hybridized carbons (Fsp3) is 0.444. The minimum absolute atomic E-state index is 0.366. The zero-order chi connectivity index (χ0) is 9.54. The number of rotatable bonds is 0. The molecule has 0 atom stereocenters. The summed E-state index contributed by atoms with van der Waals surface area (Å²) >= 11 is 6.42. The van der Waals surface area contributed by atoms with Gasteiger partial charge in [0, 0.05) is 0 Å². The number of hydrogen-bond donors (Lipinski definition) is 0. The quantitative estimate of drug-likeness (QED) is 0.684. The molecule has 0 aliphatic heterocycles. The number of fused-ring (bicyclic) bond motifs is 3. The summed E-state index contributed by atoms with van der Waals surface area (Å²) in [5.41, 5.74) is 1.43. The van der Waals surface area contributed by atoms with Gasteiger partial charge in [-0.3, -0.25) is 0 Å². The summed E-state index contributed by atoms with van der Waals surface area (Å²) < 4.78 is 2.66. The van der Waals surface area contributed by atoms with Gasteiger partial charge in [0.1, 0.15) is 0 Å². The summed E-state index contributed by atoms with van der Waals surface area (Å²) in [5, 5.41) is 13.2. The summed E-state index contributed by atoms with van der Waals surface area (Å²) in [6, 6.07) is 0. The molecule has 0 N–H and O–H groups in total. The Morgan fingerprint density at radius 2 is 2.00 bits per heavy atom. The second-order valence-corrected chi connectivity index (χ2v) is 6.10. The van der Waals surface area contributed by atoms with Crippen molar-refractivity contribution in [3.8, 4) is 0 Å². The average Bonchev–Trinajstić information content (AvgIpc) is 2.57. The monoisotopic (exact) mass is 273 g/mol. The van der Waals surface area contributed by atoms with E-state index in [1.807, 2.05) is 0 Å². The van der Waals surface area contributed by atoms with Crippen molar-refractivity contribution in [2.45, 2.75) is 25.7 Å². The Kier molecular flexibility index (Phi) is 2.08. The zero-order valence-corrected chi connectivity index (χ0v) is 9.93. The van der Waals surface area contributed by atoms with Gasteiger partial charge in [-0.2, -0.15) is 0 Å². The van der Waals surface area contributed by atoms with Crippen LogP contribution in [0.25, 0.3) is 9.78 Å². The molecular weight excluding hydrogens is 265 g/mol. The molecule has 14 heavy (non-hydrogen) atoms. The van der Waals surface area contributed by atoms with Crippen molar-refractivity contribution in [3.63, 3.8) is 0 Å². The Bertz CT molecular complexity index is 494. The van der Waals surface area contributed by atoms with Crippen molar-refractivity contribution in [1.29, 1.82) is 0 Å². The van der Waals surface area contributed by atoms with Gasteiger partial charge in [0.15, 0.2) is 0 Å². The summed E-state index contributed by atoms with van der Waals surface area (Å²) in [6.07, 6.45) is 4.96. The molecule has 1 aliphatic rings. The number of hydrogen-bond acceptors (Lipinski definition) is 3. The van der Waals surface area contributed by atoms with Crippen LogP contribution in [0.4, 0.5) is 0 Å². The summed E-state index contributed by atoms with van der Waals surface area (Å²) in [6.45, 7) is 0. The molecule has 0 spiro atoms. The van der Waals surface area contributed by atoms with Crippen LogP contribution in [0.2, 0.25) is 5.15 Å². The van der Waals surface area contributed by atoms with Gasteiger partial charge in [-0.15, -0.1) is 0 Å². The van der Waals surface area contributed by atoms with E-state index in [1.54, 1.807) is 4.44 Å². The standard InChI is InChI=1S/C9H8ClN3Se/c10-8-7-5-3-1-2-4-6(5)14-9(7)12-13-11-8/h1-4H2. The normalized spacial score (nSPS) is 15.8. The number of aryl methyl sites for hydroxylation is 2. The molecule has 5 heteroatoms. The van der Waals surface area contributed by atoms with Crippen LogP contribution < -0.4 is 0 Å². The molecule has 72 valence electrons. The average molecular weight is 273 g/mol. The SMILES string of the molecule is Clc1nnnc2[se]c3c(c12)CCCC3. The number of aromatic nitrogens is 3. The number of nitrogens with zero attached hydrogens (tertiary/aromatic N) is 3. The fourth-order valence-electron chi connectivity index (χ4n) is 1.99. The van der Waals surface area contributed by atoms with Crippen LogP contribution in [0.3, 0.4) is 0 Å². The summed E-state index contributed by atoms with van der Waals surface area (Å²) in [5.74, 6) is 0. The molecule has 2 aromatic rings. The van der Waals surface area contributed by atoms with Crippen molar-refractivity contribution < 1.29 is 0 Å². The molecule has 0 unspecified atom stereocenters. The first kappa shape index (κ1) is 8.83. The molecule has 3 nitrogen and oxygen atoms in total. The molecule has 0 bridgehead atoms. The van der Waals surface area contributed by atoms with Gasteiger partial charge in [-0.25, -0.2) is 0 Å². The molecule has 1 aliphatic carbocycles. The van der Waals surface area contributed by atoms with E-state index in [2.05, 4.69) is 15.4 Å². The van der Waals surface area contributed by atoms with Crippen molar-refractivity contribution in [2.24, 2.45) is 0 Å². The number of halogens is 1. The van der Waals surface area contributed by atoms with Crippen LogP contribution in [0.5, 0.6) is 0 Å². The van der Waals surface area contributed by atoms with E-state index < -0.39 is 0 Å². The Labute approximate surface area is 92.2 Å². The molecule has 0 aromatic carbocycles. The molecule has 0 fully saturated rings. The Balaban J connectivity index is 2.38. The molecule has 0 saturated heterocycles. The molecule has 0 radical (unpaired) electrons. The van der Waals surface area contributed by atoms with Crippen molar-refractivity contribution in [1.82, 2.24) is 15.4 Å². The zero-order valence-electron chi connectivity index (χ0n) is 7.46. The van der Waals surface area contributed by atoms with Crippen molar-refractivity contribution in [2.75, 3.05) is 0 Å². The molecule has 0 amide bonds. The minimum atomic E-state index is 0.366. The van der Waals surface area contributed by atoms with Crippen molar-refractivity contribution in [3.05, 3.63) is 15.2 Å². The van der Waals surface area contributed by atoms with Crippen LogP contribution >= 0.6 is 11.6 Å². The van der Waals surface area contributed by atoms with E-state index in [9.17, 15) is 0 Å². The van der Waals surface area contributed by atoms with Gasteiger partial charge in [-0.05, 0) is 0 Å². The third kappa shape index (κ3) is 1.22. The predicted octanol–water partition coefficient (Wildman–Crippen LogP) is 1.61. The Morgan fingerprint density at radius 3 is 2.93 bits per heavy atom. The maximum atomic E-state index is 6.05. The van der Waals surface area contributed by atoms with E-state index in [-0.39, 0.29) is 0 Å². The van der Waals surface area contributed by atoms with E-state index in [1.165, 1.54) is 24.8 Å². The van der Waals surface area contributed by atoms with Crippen LogP contribution in [-0.2, 0) is 12.8 Å². The predicted molar refractivity (Wildman–Crippen MR) is 55.9 cm³/mol. The molecule has 2 aromatic heterocycles. The van der Waals surface area contributed by atoms with Gasteiger partial charge in [0.25, 0.3) is 0 Å². The molecule has 3 rings (SSSR count). The molecular formula is C9H8ClN3Se. The van der Waals surface area contributed by atoms with Gasteiger partial charge >= 0.3 is 92.1 Å². The van der Waals surface area contributed by atoms with Crippen LogP contribution in [0.1, 0.15) is 22.8 Å². The van der Waals surface area contributed by atoms with Crippen LogP contribution in [0, 0.1) is 0 Å². The second kappa shape index (κ2) is 3.30. The van der Waals surface area contributed by atoms with Gasteiger partial charge < -0.3 is 0 Å². The Morgan fingerprint density at radius 1 is 1.14 bits per heavy atom.